The van der Waals surface area contributed by atoms with Crippen molar-refractivity contribution in [1.29, 1.82) is 0 Å². The van der Waals surface area contributed by atoms with E-state index < -0.39 is 0 Å². The molecular weight excluding hydrogens is 364 g/mol. The van der Waals surface area contributed by atoms with Crippen molar-refractivity contribution < 1.29 is 19.7 Å². The second kappa shape index (κ2) is 7.18. The summed E-state index contributed by atoms with van der Waals surface area (Å²) in [6.07, 6.45) is 5.49. The molecule has 2 atom stereocenters. The van der Waals surface area contributed by atoms with Crippen LogP contribution in [0.3, 0.4) is 0 Å². The van der Waals surface area contributed by atoms with Gasteiger partial charge in [-0.1, -0.05) is 29.4 Å². The standard InChI is InChI=1S/C25H28O4/c1-15(2)5-7-18-21(27)10-9-20-23(18)29-24-19-8-6-17(26)13-22(19)28-14-25(20,24)12-11-16(3)4/h5-6,8-11,13,24,26-27H,7,12,14H2,1-4H3/t24-,25+/m0/s1. The molecule has 4 rings (SSSR count). The lowest BCUT2D eigenvalue weighted by molar-refractivity contribution is 0.0721. The number of ether oxygens (including phenoxy) is 2. The fraction of sp³-hybridized carbons (Fsp3) is 0.360. The fourth-order valence-electron chi connectivity index (χ4n) is 4.27. The molecule has 4 heteroatoms. The molecule has 0 amide bonds. The molecular formula is C25H28O4. The molecule has 0 unspecified atom stereocenters. The topological polar surface area (TPSA) is 58.9 Å². The molecule has 0 radical (unpaired) electrons. The Morgan fingerprint density at radius 2 is 1.83 bits per heavy atom. The third-order valence-electron chi connectivity index (χ3n) is 5.86. The predicted octanol–water partition coefficient (Wildman–Crippen LogP) is 5.73. The first-order valence-electron chi connectivity index (χ1n) is 10.1. The highest BCUT2D eigenvalue weighted by Gasteiger charge is 2.54. The molecule has 0 saturated heterocycles. The van der Waals surface area contributed by atoms with Crippen LogP contribution in [0.4, 0.5) is 0 Å². The van der Waals surface area contributed by atoms with Crippen molar-refractivity contribution in [2.45, 2.75) is 52.1 Å². The second-order valence-corrected chi connectivity index (χ2v) is 8.58. The summed E-state index contributed by atoms with van der Waals surface area (Å²) in [4.78, 5) is 0. The van der Waals surface area contributed by atoms with Gasteiger partial charge < -0.3 is 19.7 Å². The molecule has 2 aromatic carbocycles. The molecule has 0 saturated carbocycles. The van der Waals surface area contributed by atoms with Crippen molar-refractivity contribution in [3.63, 3.8) is 0 Å². The molecule has 0 fully saturated rings. The van der Waals surface area contributed by atoms with E-state index in [9.17, 15) is 10.2 Å². The lowest BCUT2D eigenvalue weighted by Gasteiger charge is -2.38. The lowest BCUT2D eigenvalue weighted by atomic mass is 9.71. The van der Waals surface area contributed by atoms with Crippen LogP contribution in [0.2, 0.25) is 0 Å². The summed E-state index contributed by atoms with van der Waals surface area (Å²) >= 11 is 0. The van der Waals surface area contributed by atoms with Gasteiger partial charge in [0.1, 0.15) is 35.7 Å². The number of benzene rings is 2. The fourth-order valence-corrected chi connectivity index (χ4v) is 4.27. The number of fused-ring (bicyclic) bond motifs is 5. The van der Waals surface area contributed by atoms with Crippen molar-refractivity contribution in [3.8, 4) is 23.0 Å². The monoisotopic (exact) mass is 392 g/mol. The minimum Gasteiger partial charge on any atom is -0.508 e. The summed E-state index contributed by atoms with van der Waals surface area (Å²) < 4.78 is 12.7. The Kier molecular flexibility index (Phi) is 4.81. The number of phenolic OH excluding ortho intramolecular Hbond substituents is 2. The van der Waals surface area contributed by atoms with Gasteiger partial charge in [-0.2, -0.15) is 0 Å². The maximum absolute atomic E-state index is 10.6. The minimum atomic E-state index is -0.371. The van der Waals surface area contributed by atoms with Crippen molar-refractivity contribution in [3.05, 3.63) is 70.3 Å². The number of allylic oxidation sites excluding steroid dienone is 4. The molecule has 4 nitrogen and oxygen atoms in total. The van der Waals surface area contributed by atoms with E-state index in [0.29, 0.717) is 18.8 Å². The van der Waals surface area contributed by atoms with Crippen LogP contribution in [-0.4, -0.2) is 16.8 Å². The molecule has 2 aliphatic rings. The summed E-state index contributed by atoms with van der Waals surface area (Å²) in [5.74, 6) is 1.85. The van der Waals surface area contributed by atoms with Crippen molar-refractivity contribution in [2.24, 2.45) is 0 Å². The third kappa shape index (κ3) is 3.27. The van der Waals surface area contributed by atoms with Gasteiger partial charge in [-0.15, -0.1) is 0 Å². The zero-order valence-electron chi connectivity index (χ0n) is 17.5. The molecule has 29 heavy (non-hydrogen) atoms. The first kappa shape index (κ1) is 19.4. The van der Waals surface area contributed by atoms with Crippen molar-refractivity contribution in [1.82, 2.24) is 0 Å². The van der Waals surface area contributed by atoms with Crippen LogP contribution >= 0.6 is 0 Å². The summed E-state index contributed by atoms with van der Waals surface area (Å²) in [5.41, 5.74) is 4.89. The van der Waals surface area contributed by atoms with Gasteiger partial charge in [-0.05, 0) is 58.7 Å². The highest BCUT2D eigenvalue weighted by Crippen LogP contribution is 2.59. The Hall–Kier alpha value is -2.88. The van der Waals surface area contributed by atoms with Gasteiger partial charge in [0, 0.05) is 22.8 Å². The van der Waals surface area contributed by atoms with Gasteiger partial charge in [0.15, 0.2) is 0 Å². The maximum Gasteiger partial charge on any atom is 0.141 e. The number of hydrogen-bond acceptors (Lipinski definition) is 4. The van der Waals surface area contributed by atoms with E-state index in [4.69, 9.17) is 9.47 Å². The molecule has 0 spiro atoms. The molecule has 2 heterocycles. The van der Waals surface area contributed by atoms with Gasteiger partial charge >= 0.3 is 0 Å². The van der Waals surface area contributed by atoms with Gasteiger partial charge in [0.2, 0.25) is 0 Å². The van der Waals surface area contributed by atoms with E-state index in [1.54, 1.807) is 18.2 Å². The van der Waals surface area contributed by atoms with E-state index in [2.05, 4.69) is 26.0 Å². The summed E-state index contributed by atoms with van der Waals surface area (Å²) in [6, 6.07) is 8.95. The van der Waals surface area contributed by atoms with Crippen LogP contribution in [0.25, 0.3) is 0 Å². The van der Waals surface area contributed by atoms with E-state index in [1.165, 1.54) is 11.1 Å². The number of hydrogen-bond donors (Lipinski definition) is 2. The van der Waals surface area contributed by atoms with Crippen LogP contribution in [-0.2, 0) is 11.8 Å². The molecule has 2 aromatic rings. The summed E-state index contributed by atoms with van der Waals surface area (Å²) in [7, 11) is 0. The Bertz CT molecular complexity index is 1010. The van der Waals surface area contributed by atoms with Gasteiger partial charge in [0.05, 0.1) is 5.41 Å². The van der Waals surface area contributed by atoms with Crippen molar-refractivity contribution >= 4 is 0 Å². The van der Waals surface area contributed by atoms with E-state index in [1.807, 2.05) is 26.0 Å². The van der Waals surface area contributed by atoms with E-state index in [0.717, 1.165) is 28.9 Å². The zero-order chi connectivity index (χ0) is 20.8. The summed E-state index contributed by atoms with van der Waals surface area (Å²) in [6.45, 7) is 8.74. The van der Waals surface area contributed by atoms with Crippen LogP contribution < -0.4 is 9.47 Å². The van der Waals surface area contributed by atoms with Crippen LogP contribution in [0, 0.1) is 0 Å². The molecule has 2 N–H and O–H groups in total. The molecule has 152 valence electrons. The largest absolute Gasteiger partial charge is 0.508 e. The Morgan fingerprint density at radius 3 is 2.55 bits per heavy atom. The molecule has 0 aromatic heterocycles. The second-order valence-electron chi connectivity index (χ2n) is 8.58. The van der Waals surface area contributed by atoms with Crippen molar-refractivity contribution in [2.75, 3.05) is 6.61 Å². The predicted molar refractivity (Wildman–Crippen MR) is 114 cm³/mol. The van der Waals surface area contributed by atoms with E-state index >= 15 is 0 Å². The SMILES string of the molecule is CC(C)=CCc1c(O)ccc2c1O[C@H]1c3ccc(O)cc3OC[C@]21CC=C(C)C. The smallest absolute Gasteiger partial charge is 0.141 e. The van der Waals surface area contributed by atoms with Gasteiger partial charge in [-0.25, -0.2) is 0 Å². The highest BCUT2D eigenvalue weighted by atomic mass is 16.5. The minimum absolute atomic E-state index is 0.179. The molecule has 0 aliphatic carbocycles. The zero-order valence-corrected chi connectivity index (χ0v) is 17.5. The van der Waals surface area contributed by atoms with Gasteiger partial charge in [-0.3, -0.25) is 0 Å². The van der Waals surface area contributed by atoms with Crippen LogP contribution in [0.5, 0.6) is 23.0 Å². The average molecular weight is 392 g/mol. The Balaban J connectivity index is 1.89. The first-order valence-corrected chi connectivity index (χ1v) is 10.1. The number of phenols is 2. The third-order valence-corrected chi connectivity index (χ3v) is 5.86. The number of aromatic hydroxyl groups is 2. The Labute approximate surface area is 172 Å². The average Bonchev–Trinajstić information content (AvgIpc) is 3.00. The summed E-state index contributed by atoms with van der Waals surface area (Å²) in [5, 5.41) is 20.4. The lowest BCUT2D eigenvalue weighted by Crippen LogP contribution is -2.41. The van der Waals surface area contributed by atoms with Gasteiger partial charge in [0.25, 0.3) is 0 Å². The normalized spacial score (nSPS) is 21.2. The molecule has 0 bridgehead atoms. The van der Waals surface area contributed by atoms with Crippen LogP contribution in [0.15, 0.2) is 53.6 Å². The van der Waals surface area contributed by atoms with E-state index in [-0.39, 0.29) is 23.0 Å². The first-order chi connectivity index (χ1) is 13.8. The maximum atomic E-state index is 10.6. The van der Waals surface area contributed by atoms with Crippen LogP contribution in [0.1, 0.15) is 56.9 Å². The number of rotatable bonds is 4. The highest BCUT2D eigenvalue weighted by molar-refractivity contribution is 5.60. The Morgan fingerprint density at radius 1 is 1.07 bits per heavy atom. The molecule has 2 aliphatic heterocycles. The quantitative estimate of drug-likeness (QED) is 0.653.